The molecule has 1 unspecified atom stereocenters. The van der Waals surface area contributed by atoms with Crippen LogP contribution in [0.3, 0.4) is 0 Å². The molecule has 3 rings (SSSR count). The second-order valence-corrected chi connectivity index (χ2v) is 7.89. The number of hydrogen-bond donors (Lipinski definition) is 0. The van der Waals surface area contributed by atoms with E-state index in [9.17, 15) is 0 Å². The summed E-state index contributed by atoms with van der Waals surface area (Å²) >= 11 is 0. The van der Waals surface area contributed by atoms with Crippen LogP contribution in [0.25, 0.3) is 6.08 Å². The first-order chi connectivity index (χ1) is 15.3. The van der Waals surface area contributed by atoms with Crippen LogP contribution in [0, 0.1) is 0 Å². The molecule has 1 aliphatic rings. The minimum absolute atomic E-state index is 0.193. The monoisotopic (exact) mass is 424 g/mol. The van der Waals surface area contributed by atoms with Crippen molar-refractivity contribution in [2.24, 2.45) is 0 Å². The number of hydrogen-bond acceptors (Lipinski definition) is 4. The molecule has 0 N–H and O–H groups in total. The predicted molar refractivity (Wildman–Crippen MR) is 126 cm³/mol. The summed E-state index contributed by atoms with van der Waals surface area (Å²) < 4.78 is 24.8. The highest BCUT2D eigenvalue weighted by molar-refractivity contribution is 5.62. The van der Waals surface area contributed by atoms with E-state index in [1.807, 2.05) is 30.3 Å². The normalized spacial score (nSPS) is 14.6. The third kappa shape index (κ3) is 6.43. The van der Waals surface area contributed by atoms with Crippen molar-refractivity contribution in [1.82, 2.24) is 0 Å². The number of unbranched alkanes of at least 4 members (excludes halogenated alkanes) is 3. The molecule has 0 saturated carbocycles. The van der Waals surface area contributed by atoms with Crippen LogP contribution < -0.4 is 18.9 Å². The average molecular weight is 425 g/mol. The zero-order valence-electron chi connectivity index (χ0n) is 19.2. The van der Waals surface area contributed by atoms with E-state index < -0.39 is 0 Å². The van der Waals surface area contributed by atoms with Crippen molar-refractivity contribution in [2.75, 3.05) is 19.8 Å². The second kappa shape index (κ2) is 12.3. The summed E-state index contributed by atoms with van der Waals surface area (Å²) in [6.07, 6.45) is 10.2. The van der Waals surface area contributed by atoms with E-state index in [0.29, 0.717) is 25.6 Å². The Hall–Kier alpha value is -2.62. The number of benzene rings is 2. The van der Waals surface area contributed by atoms with Crippen molar-refractivity contribution < 1.29 is 18.9 Å². The van der Waals surface area contributed by atoms with E-state index in [4.69, 9.17) is 18.9 Å². The molecule has 2 aromatic carbocycles. The lowest BCUT2D eigenvalue weighted by atomic mass is 10.0. The van der Waals surface area contributed by atoms with Gasteiger partial charge in [0.05, 0.1) is 19.8 Å². The van der Waals surface area contributed by atoms with Gasteiger partial charge in [0.15, 0.2) is 11.5 Å². The number of ether oxygens (including phenoxy) is 4. The maximum absolute atomic E-state index is 6.28. The van der Waals surface area contributed by atoms with E-state index in [0.717, 1.165) is 66.9 Å². The second-order valence-electron chi connectivity index (χ2n) is 7.89. The van der Waals surface area contributed by atoms with Crippen molar-refractivity contribution in [1.29, 1.82) is 0 Å². The van der Waals surface area contributed by atoms with Gasteiger partial charge >= 0.3 is 0 Å². The molecule has 1 aliphatic heterocycles. The smallest absolute Gasteiger partial charge is 0.203 e. The summed E-state index contributed by atoms with van der Waals surface area (Å²) in [6, 6.07) is 12.2. The van der Waals surface area contributed by atoms with Crippen LogP contribution in [-0.4, -0.2) is 19.8 Å². The van der Waals surface area contributed by atoms with Crippen molar-refractivity contribution in [2.45, 2.75) is 65.4 Å². The van der Waals surface area contributed by atoms with Crippen LogP contribution in [0.15, 0.2) is 42.5 Å². The highest BCUT2D eigenvalue weighted by Crippen LogP contribution is 2.43. The third-order valence-corrected chi connectivity index (χ3v) is 5.25. The quantitative estimate of drug-likeness (QED) is 0.315. The fourth-order valence-electron chi connectivity index (χ4n) is 3.36. The van der Waals surface area contributed by atoms with Crippen LogP contribution in [0.2, 0.25) is 0 Å². The number of rotatable bonds is 13. The fraction of sp³-hybridized carbons (Fsp3) is 0.481. The molecule has 2 aromatic rings. The zero-order valence-corrected chi connectivity index (χ0v) is 19.2. The molecule has 4 nitrogen and oxygen atoms in total. The molecule has 0 bridgehead atoms. The van der Waals surface area contributed by atoms with E-state index in [-0.39, 0.29) is 6.10 Å². The maximum Gasteiger partial charge on any atom is 0.203 e. The van der Waals surface area contributed by atoms with Gasteiger partial charge in [-0.15, -0.1) is 0 Å². The molecule has 0 radical (unpaired) electrons. The van der Waals surface area contributed by atoms with E-state index in [2.05, 4.69) is 39.0 Å². The third-order valence-electron chi connectivity index (χ3n) is 5.25. The van der Waals surface area contributed by atoms with Crippen LogP contribution in [0.5, 0.6) is 23.0 Å². The lowest BCUT2D eigenvalue weighted by molar-refractivity contribution is 0.229. The summed E-state index contributed by atoms with van der Waals surface area (Å²) in [5.41, 5.74) is 2.10. The van der Waals surface area contributed by atoms with Gasteiger partial charge in [0.1, 0.15) is 11.9 Å². The first-order valence-corrected chi connectivity index (χ1v) is 11.8. The zero-order chi connectivity index (χ0) is 21.9. The van der Waals surface area contributed by atoms with Gasteiger partial charge in [-0.25, -0.2) is 0 Å². The van der Waals surface area contributed by atoms with Crippen LogP contribution >= 0.6 is 0 Å². The van der Waals surface area contributed by atoms with E-state index in [1.54, 1.807) is 0 Å². The maximum atomic E-state index is 6.28. The summed E-state index contributed by atoms with van der Waals surface area (Å²) in [6.45, 7) is 8.45. The summed E-state index contributed by atoms with van der Waals surface area (Å²) in [5.74, 6) is 3.08. The number of fused-ring (bicyclic) bond motifs is 1. The lowest BCUT2D eigenvalue weighted by Gasteiger charge is -2.24. The van der Waals surface area contributed by atoms with Crippen LogP contribution in [-0.2, 0) is 0 Å². The van der Waals surface area contributed by atoms with E-state index in [1.165, 1.54) is 0 Å². The first-order valence-electron chi connectivity index (χ1n) is 11.8. The van der Waals surface area contributed by atoms with Crippen LogP contribution in [0.4, 0.5) is 0 Å². The van der Waals surface area contributed by atoms with Gasteiger partial charge < -0.3 is 18.9 Å². The highest BCUT2D eigenvalue weighted by Gasteiger charge is 2.22. The minimum Gasteiger partial charge on any atom is -0.490 e. The molecule has 4 heteroatoms. The Balaban J connectivity index is 1.92. The molecule has 1 heterocycles. The van der Waals surface area contributed by atoms with Gasteiger partial charge in [0.2, 0.25) is 5.75 Å². The molecule has 0 amide bonds. The molecule has 168 valence electrons. The molecule has 0 saturated heterocycles. The summed E-state index contributed by atoms with van der Waals surface area (Å²) in [7, 11) is 0. The first kappa shape index (κ1) is 23.1. The van der Waals surface area contributed by atoms with Gasteiger partial charge in [-0.05, 0) is 43.5 Å². The predicted octanol–water partition coefficient (Wildman–Crippen LogP) is 7.37. The van der Waals surface area contributed by atoms with Crippen molar-refractivity contribution in [3.05, 3.63) is 53.6 Å². The molecule has 1 atom stereocenters. The van der Waals surface area contributed by atoms with Gasteiger partial charge in [0.25, 0.3) is 0 Å². The molecule has 0 aromatic heterocycles. The summed E-state index contributed by atoms with van der Waals surface area (Å²) in [4.78, 5) is 0. The average Bonchev–Trinajstić information content (AvgIpc) is 2.80. The standard InChI is InChI=1S/C27H36O4/c1-4-7-16-28-25-19-22(24-15-14-21-12-10-11-13-23(21)31-24)20-26(29-17-8-5-2)27(25)30-18-9-6-3/h10-15,19-20,24H,4-9,16-18H2,1-3H3. The molecule has 0 spiro atoms. The molecule has 31 heavy (non-hydrogen) atoms. The Kier molecular flexibility index (Phi) is 9.14. The van der Waals surface area contributed by atoms with Gasteiger partial charge in [-0.1, -0.05) is 64.3 Å². The van der Waals surface area contributed by atoms with Gasteiger partial charge in [0, 0.05) is 11.1 Å². The number of para-hydroxylation sites is 1. The van der Waals surface area contributed by atoms with Crippen LogP contribution in [0.1, 0.15) is 76.5 Å². The Labute approximate surface area is 187 Å². The highest BCUT2D eigenvalue weighted by atomic mass is 16.5. The molecular formula is C27H36O4. The van der Waals surface area contributed by atoms with E-state index >= 15 is 0 Å². The fourth-order valence-corrected chi connectivity index (χ4v) is 3.36. The molecule has 0 fully saturated rings. The Morgan fingerprint density at radius 2 is 1.35 bits per heavy atom. The SMILES string of the molecule is CCCCOc1cc(C2C=Cc3ccccc3O2)cc(OCCCC)c1OCCCC. The minimum atomic E-state index is -0.193. The molecular weight excluding hydrogens is 388 g/mol. The Bertz CT molecular complexity index is 812. The van der Waals surface area contributed by atoms with Crippen molar-refractivity contribution in [3.8, 4) is 23.0 Å². The summed E-state index contributed by atoms with van der Waals surface area (Å²) in [5, 5.41) is 0. The largest absolute Gasteiger partial charge is 0.490 e. The Morgan fingerprint density at radius 1 is 0.774 bits per heavy atom. The van der Waals surface area contributed by atoms with Gasteiger partial charge in [-0.2, -0.15) is 0 Å². The van der Waals surface area contributed by atoms with Gasteiger partial charge in [-0.3, -0.25) is 0 Å². The molecule has 0 aliphatic carbocycles. The lowest BCUT2D eigenvalue weighted by Crippen LogP contribution is -2.11. The Morgan fingerprint density at radius 3 is 1.97 bits per heavy atom. The van der Waals surface area contributed by atoms with Crippen molar-refractivity contribution in [3.63, 3.8) is 0 Å². The topological polar surface area (TPSA) is 36.9 Å². The van der Waals surface area contributed by atoms with Crippen molar-refractivity contribution >= 4 is 6.08 Å².